The number of nitrogens with zero attached hydrogens (tertiary/aromatic N) is 1. The molecule has 2 N–H and O–H groups in total. The third kappa shape index (κ3) is 3.75. The number of anilines is 1. The van der Waals surface area contributed by atoms with Gasteiger partial charge in [0, 0.05) is 5.69 Å². The van der Waals surface area contributed by atoms with Crippen molar-refractivity contribution >= 4 is 23.5 Å². The molecule has 130 valence electrons. The molecular weight excluding hydrogens is 306 g/mol. The number of imide groups is 1. The number of urea groups is 1. The molecule has 1 atom stereocenters. The van der Waals surface area contributed by atoms with E-state index in [9.17, 15) is 14.4 Å². The minimum atomic E-state index is -0.939. The molecule has 6 heteroatoms. The normalized spacial score (nSPS) is 20.5. The van der Waals surface area contributed by atoms with Crippen molar-refractivity contribution in [3.63, 3.8) is 0 Å². The van der Waals surface area contributed by atoms with E-state index in [2.05, 4.69) is 10.6 Å². The summed E-state index contributed by atoms with van der Waals surface area (Å²) in [4.78, 5) is 37.9. The topological polar surface area (TPSA) is 78.5 Å². The minimum absolute atomic E-state index is 0.253. The first-order chi connectivity index (χ1) is 11.1. The summed E-state index contributed by atoms with van der Waals surface area (Å²) in [7, 11) is 0. The van der Waals surface area contributed by atoms with Gasteiger partial charge in [-0.2, -0.15) is 0 Å². The molecule has 1 heterocycles. The largest absolute Gasteiger partial charge is 0.325 e. The van der Waals surface area contributed by atoms with Crippen molar-refractivity contribution in [3.8, 4) is 0 Å². The maximum absolute atomic E-state index is 12.5. The fourth-order valence-electron chi connectivity index (χ4n) is 3.13. The minimum Gasteiger partial charge on any atom is -0.324 e. The second-order valence-corrected chi connectivity index (χ2v) is 7.12. The quantitative estimate of drug-likeness (QED) is 0.814. The summed E-state index contributed by atoms with van der Waals surface area (Å²) < 4.78 is 0. The highest BCUT2D eigenvalue weighted by atomic mass is 16.2. The van der Waals surface area contributed by atoms with Crippen LogP contribution in [0, 0.1) is 19.8 Å². The predicted molar refractivity (Wildman–Crippen MR) is 92.7 cm³/mol. The van der Waals surface area contributed by atoms with E-state index in [1.807, 2.05) is 45.9 Å². The van der Waals surface area contributed by atoms with Gasteiger partial charge in [0.15, 0.2) is 0 Å². The van der Waals surface area contributed by atoms with Gasteiger partial charge in [-0.3, -0.25) is 14.5 Å². The van der Waals surface area contributed by atoms with E-state index >= 15 is 0 Å². The van der Waals surface area contributed by atoms with E-state index in [0.717, 1.165) is 16.0 Å². The Hall–Kier alpha value is -2.37. The molecule has 1 unspecified atom stereocenters. The standard InChI is InChI=1S/C18H25N3O3/c1-11(2)9-18(5)16(23)21(17(24)20-18)10-15(22)19-14-7-6-12(3)8-13(14)4/h6-8,11H,9-10H2,1-5H3,(H,19,22)(H,20,24). The van der Waals surface area contributed by atoms with Gasteiger partial charge in [-0.15, -0.1) is 0 Å². The number of aryl methyl sites for hydroxylation is 2. The molecule has 0 aromatic heterocycles. The molecule has 1 aromatic carbocycles. The Morgan fingerprint density at radius 3 is 2.54 bits per heavy atom. The molecule has 1 fully saturated rings. The SMILES string of the molecule is Cc1ccc(NC(=O)CN2C(=O)NC(C)(CC(C)C)C2=O)c(C)c1. The summed E-state index contributed by atoms with van der Waals surface area (Å²) in [6.07, 6.45) is 0.534. The molecule has 0 aliphatic carbocycles. The molecule has 4 amide bonds. The second-order valence-electron chi connectivity index (χ2n) is 7.12. The van der Waals surface area contributed by atoms with Crippen LogP contribution < -0.4 is 10.6 Å². The van der Waals surface area contributed by atoms with Gasteiger partial charge >= 0.3 is 6.03 Å². The van der Waals surface area contributed by atoms with Gasteiger partial charge < -0.3 is 10.6 Å². The first-order valence-corrected chi connectivity index (χ1v) is 8.13. The maximum Gasteiger partial charge on any atom is 0.325 e. The number of nitrogens with one attached hydrogen (secondary N) is 2. The lowest BCUT2D eigenvalue weighted by Crippen LogP contribution is -2.45. The monoisotopic (exact) mass is 331 g/mol. The Balaban J connectivity index is 2.06. The zero-order valence-electron chi connectivity index (χ0n) is 14.9. The van der Waals surface area contributed by atoms with Gasteiger partial charge in [-0.05, 0) is 44.7 Å². The number of hydrogen-bond acceptors (Lipinski definition) is 3. The number of rotatable bonds is 5. The van der Waals surface area contributed by atoms with Crippen molar-refractivity contribution in [1.82, 2.24) is 10.2 Å². The number of hydrogen-bond donors (Lipinski definition) is 2. The van der Waals surface area contributed by atoms with Gasteiger partial charge in [0.25, 0.3) is 5.91 Å². The third-order valence-corrected chi connectivity index (χ3v) is 4.12. The number of carbonyl (C=O) groups is 3. The Morgan fingerprint density at radius 1 is 1.29 bits per heavy atom. The summed E-state index contributed by atoms with van der Waals surface area (Å²) in [6.45, 7) is 9.26. The van der Waals surface area contributed by atoms with E-state index in [0.29, 0.717) is 12.1 Å². The fraction of sp³-hybridized carbons (Fsp3) is 0.500. The summed E-state index contributed by atoms with van der Waals surface area (Å²) in [6, 6.07) is 5.16. The van der Waals surface area contributed by atoms with Crippen LogP contribution in [0.2, 0.25) is 0 Å². The summed E-state index contributed by atoms with van der Waals surface area (Å²) in [5, 5.41) is 5.47. The van der Waals surface area contributed by atoms with Crippen LogP contribution in [-0.4, -0.2) is 34.8 Å². The first-order valence-electron chi connectivity index (χ1n) is 8.13. The van der Waals surface area contributed by atoms with E-state index in [4.69, 9.17) is 0 Å². The zero-order valence-corrected chi connectivity index (χ0v) is 14.9. The van der Waals surface area contributed by atoms with Crippen LogP contribution in [0.4, 0.5) is 10.5 Å². The smallest absolute Gasteiger partial charge is 0.324 e. The zero-order chi connectivity index (χ0) is 18.1. The lowest BCUT2D eigenvalue weighted by molar-refractivity contribution is -0.133. The van der Waals surface area contributed by atoms with Gasteiger partial charge in [0.2, 0.25) is 5.91 Å². The van der Waals surface area contributed by atoms with Gasteiger partial charge in [-0.1, -0.05) is 31.5 Å². The third-order valence-electron chi connectivity index (χ3n) is 4.12. The number of benzene rings is 1. The van der Waals surface area contributed by atoms with E-state index in [-0.39, 0.29) is 24.3 Å². The summed E-state index contributed by atoms with van der Waals surface area (Å²) >= 11 is 0. The predicted octanol–water partition coefficient (Wildman–Crippen LogP) is 2.60. The van der Waals surface area contributed by atoms with Crippen LogP contribution in [-0.2, 0) is 9.59 Å². The molecule has 1 aromatic rings. The van der Waals surface area contributed by atoms with E-state index < -0.39 is 11.6 Å². The molecule has 0 bridgehead atoms. The molecule has 2 rings (SSSR count). The average Bonchev–Trinajstić information content (AvgIpc) is 2.64. The molecule has 6 nitrogen and oxygen atoms in total. The van der Waals surface area contributed by atoms with Crippen molar-refractivity contribution in [2.75, 3.05) is 11.9 Å². The lowest BCUT2D eigenvalue weighted by Gasteiger charge is -2.23. The molecule has 1 aliphatic rings. The number of carbonyl (C=O) groups excluding carboxylic acids is 3. The van der Waals surface area contributed by atoms with Crippen LogP contribution in [0.25, 0.3) is 0 Å². The van der Waals surface area contributed by atoms with Crippen molar-refractivity contribution in [1.29, 1.82) is 0 Å². The van der Waals surface area contributed by atoms with Crippen molar-refractivity contribution < 1.29 is 14.4 Å². The second kappa shape index (κ2) is 6.63. The Kier molecular flexibility index (Phi) is 4.96. The van der Waals surface area contributed by atoms with Gasteiger partial charge in [0.1, 0.15) is 12.1 Å². The molecular formula is C18H25N3O3. The highest BCUT2D eigenvalue weighted by molar-refractivity contribution is 6.10. The Bertz CT molecular complexity index is 684. The Labute approximate surface area is 142 Å². The summed E-state index contributed by atoms with van der Waals surface area (Å²) in [5.41, 5.74) is 1.78. The average molecular weight is 331 g/mol. The molecule has 0 saturated carbocycles. The van der Waals surface area contributed by atoms with Crippen LogP contribution in [0.1, 0.15) is 38.3 Å². The molecule has 0 radical (unpaired) electrons. The van der Waals surface area contributed by atoms with Crippen molar-refractivity contribution in [2.24, 2.45) is 5.92 Å². The van der Waals surface area contributed by atoms with Crippen molar-refractivity contribution in [2.45, 2.75) is 46.6 Å². The Morgan fingerprint density at radius 2 is 1.96 bits per heavy atom. The van der Waals surface area contributed by atoms with Crippen LogP contribution >= 0.6 is 0 Å². The van der Waals surface area contributed by atoms with Crippen LogP contribution in [0.5, 0.6) is 0 Å². The van der Waals surface area contributed by atoms with Crippen molar-refractivity contribution in [3.05, 3.63) is 29.3 Å². The van der Waals surface area contributed by atoms with Gasteiger partial charge in [-0.25, -0.2) is 4.79 Å². The highest BCUT2D eigenvalue weighted by Gasteiger charge is 2.48. The maximum atomic E-state index is 12.5. The highest BCUT2D eigenvalue weighted by Crippen LogP contribution is 2.25. The summed E-state index contributed by atoms with van der Waals surface area (Å²) in [5.74, 6) is -0.487. The van der Waals surface area contributed by atoms with E-state index in [1.165, 1.54) is 0 Å². The van der Waals surface area contributed by atoms with Crippen LogP contribution in [0.3, 0.4) is 0 Å². The molecule has 0 spiro atoms. The molecule has 1 aliphatic heterocycles. The number of amides is 4. The van der Waals surface area contributed by atoms with Crippen LogP contribution in [0.15, 0.2) is 18.2 Å². The fourth-order valence-corrected chi connectivity index (χ4v) is 3.13. The molecule has 24 heavy (non-hydrogen) atoms. The first kappa shape index (κ1) is 18.0. The van der Waals surface area contributed by atoms with E-state index in [1.54, 1.807) is 6.92 Å². The molecule has 1 saturated heterocycles. The van der Waals surface area contributed by atoms with Gasteiger partial charge in [0.05, 0.1) is 0 Å². The lowest BCUT2D eigenvalue weighted by atomic mass is 9.91.